The van der Waals surface area contributed by atoms with Gasteiger partial charge in [-0.25, -0.2) is 4.98 Å². The first-order chi connectivity index (χ1) is 9.22. The second-order valence-electron chi connectivity index (χ2n) is 4.71. The van der Waals surface area contributed by atoms with Crippen LogP contribution in [0, 0.1) is 0 Å². The zero-order chi connectivity index (χ0) is 13.2. The van der Waals surface area contributed by atoms with E-state index in [0.717, 1.165) is 46.1 Å². The van der Waals surface area contributed by atoms with Crippen LogP contribution in [0.4, 0.5) is 0 Å². The molecule has 1 atom stereocenters. The lowest BCUT2D eigenvalue weighted by Gasteiger charge is -2.03. The van der Waals surface area contributed by atoms with Gasteiger partial charge in [-0.2, -0.15) is 5.10 Å². The Hall–Kier alpha value is -0.910. The molecule has 6 heteroatoms. The Morgan fingerprint density at radius 2 is 2.32 bits per heavy atom. The zero-order valence-electron chi connectivity index (χ0n) is 10.3. The number of aromatic nitrogens is 3. The van der Waals surface area contributed by atoms with E-state index in [1.165, 1.54) is 6.42 Å². The summed E-state index contributed by atoms with van der Waals surface area (Å²) in [6.45, 7) is 1.05. The van der Waals surface area contributed by atoms with E-state index in [1.54, 1.807) is 0 Å². The molecular formula is C13H14BrClN4. The lowest BCUT2D eigenvalue weighted by molar-refractivity contribution is 0.607. The minimum atomic E-state index is 0.307. The fourth-order valence-corrected chi connectivity index (χ4v) is 2.84. The number of hydrogen-bond donors (Lipinski definition) is 2. The van der Waals surface area contributed by atoms with Crippen molar-refractivity contribution in [2.45, 2.75) is 25.3 Å². The lowest BCUT2D eigenvalue weighted by Crippen LogP contribution is -2.14. The van der Waals surface area contributed by atoms with Gasteiger partial charge in [-0.05, 0) is 53.0 Å². The van der Waals surface area contributed by atoms with Crippen LogP contribution in [0.3, 0.4) is 0 Å². The van der Waals surface area contributed by atoms with Crippen LogP contribution < -0.4 is 5.32 Å². The summed E-state index contributed by atoms with van der Waals surface area (Å²) in [5.41, 5.74) is 1.15. The van der Waals surface area contributed by atoms with E-state index in [-0.39, 0.29) is 0 Å². The maximum atomic E-state index is 5.98. The molecule has 2 N–H and O–H groups in total. The Morgan fingerprint density at radius 1 is 1.42 bits per heavy atom. The molecule has 1 aliphatic heterocycles. The van der Waals surface area contributed by atoms with Gasteiger partial charge in [0.1, 0.15) is 5.82 Å². The van der Waals surface area contributed by atoms with Crippen LogP contribution in [0.15, 0.2) is 22.7 Å². The van der Waals surface area contributed by atoms with Crippen molar-refractivity contribution in [3.05, 3.63) is 44.9 Å². The number of rotatable bonds is 3. The first-order valence-corrected chi connectivity index (χ1v) is 7.48. The number of benzene rings is 1. The smallest absolute Gasteiger partial charge is 0.167 e. The Kier molecular flexibility index (Phi) is 3.86. The first kappa shape index (κ1) is 13.1. The maximum absolute atomic E-state index is 5.98. The highest BCUT2D eigenvalue weighted by molar-refractivity contribution is 9.10. The van der Waals surface area contributed by atoms with Gasteiger partial charge in [-0.3, -0.25) is 5.10 Å². The molecule has 0 spiro atoms. The van der Waals surface area contributed by atoms with Crippen molar-refractivity contribution < 1.29 is 0 Å². The molecule has 0 amide bonds. The number of hydrogen-bond acceptors (Lipinski definition) is 3. The van der Waals surface area contributed by atoms with Crippen molar-refractivity contribution in [2.75, 3.05) is 6.54 Å². The molecule has 0 saturated carbocycles. The van der Waals surface area contributed by atoms with Crippen LogP contribution in [0.25, 0.3) is 0 Å². The molecule has 1 aliphatic rings. The van der Waals surface area contributed by atoms with Crippen molar-refractivity contribution in [3.8, 4) is 0 Å². The number of aromatic amines is 1. The van der Waals surface area contributed by atoms with E-state index in [1.807, 2.05) is 18.2 Å². The lowest BCUT2D eigenvalue weighted by atomic mass is 10.1. The summed E-state index contributed by atoms with van der Waals surface area (Å²) in [6.07, 6.45) is 3.04. The highest BCUT2D eigenvalue weighted by atomic mass is 79.9. The normalized spacial score (nSPS) is 18.9. The molecule has 1 unspecified atom stereocenters. The predicted molar refractivity (Wildman–Crippen MR) is 78.3 cm³/mol. The van der Waals surface area contributed by atoms with Crippen LogP contribution >= 0.6 is 27.5 Å². The van der Waals surface area contributed by atoms with Gasteiger partial charge in [-0.15, -0.1) is 0 Å². The van der Waals surface area contributed by atoms with Crippen LogP contribution in [0.1, 0.15) is 36.1 Å². The first-order valence-electron chi connectivity index (χ1n) is 6.31. The third-order valence-electron chi connectivity index (χ3n) is 3.28. The van der Waals surface area contributed by atoms with Crippen LogP contribution in [0.2, 0.25) is 5.02 Å². The quantitative estimate of drug-likeness (QED) is 0.901. The largest absolute Gasteiger partial charge is 0.307 e. The highest BCUT2D eigenvalue weighted by Crippen LogP contribution is 2.24. The summed E-state index contributed by atoms with van der Waals surface area (Å²) >= 11 is 9.41. The summed E-state index contributed by atoms with van der Waals surface area (Å²) in [6, 6.07) is 6.21. The summed E-state index contributed by atoms with van der Waals surface area (Å²) in [4.78, 5) is 4.56. The van der Waals surface area contributed by atoms with E-state index >= 15 is 0 Å². The molecule has 3 rings (SSSR count). The molecule has 0 radical (unpaired) electrons. The third kappa shape index (κ3) is 2.99. The molecule has 1 saturated heterocycles. The molecular weight excluding hydrogens is 328 g/mol. The fourth-order valence-electron chi connectivity index (χ4n) is 2.29. The number of nitrogens with one attached hydrogen (secondary N) is 2. The Morgan fingerprint density at radius 3 is 3.05 bits per heavy atom. The second kappa shape index (κ2) is 5.61. The number of H-pyrrole nitrogens is 1. The van der Waals surface area contributed by atoms with Crippen molar-refractivity contribution in [3.63, 3.8) is 0 Å². The third-order valence-corrected chi connectivity index (χ3v) is 4.49. The van der Waals surface area contributed by atoms with Crippen molar-refractivity contribution >= 4 is 27.5 Å². The van der Waals surface area contributed by atoms with E-state index in [4.69, 9.17) is 11.6 Å². The zero-order valence-corrected chi connectivity index (χ0v) is 12.6. The molecule has 0 bridgehead atoms. The van der Waals surface area contributed by atoms with E-state index in [9.17, 15) is 0 Å². The molecule has 19 heavy (non-hydrogen) atoms. The standard InChI is InChI=1S/C13H14BrClN4/c14-9-6-8(3-4-10(9)15)7-12-17-13(19-18-12)11-2-1-5-16-11/h3-4,6,11,16H,1-2,5,7H2,(H,17,18,19). The molecule has 1 fully saturated rings. The highest BCUT2D eigenvalue weighted by Gasteiger charge is 2.20. The van der Waals surface area contributed by atoms with Crippen LogP contribution in [0.5, 0.6) is 0 Å². The molecule has 2 heterocycles. The summed E-state index contributed by atoms with van der Waals surface area (Å²) < 4.78 is 0.906. The maximum Gasteiger partial charge on any atom is 0.167 e. The Balaban J connectivity index is 1.74. The summed E-state index contributed by atoms with van der Waals surface area (Å²) in [5.74, 6) is 1.76. The molecule has 1 aromatic heterocycles. The summed E-state index contributed by atoms with van der Waals surface area (Å²) in [5, 5.41) is 11.4. The molecule has 100 valence electrons. The minimum absolute atomic E-state index is 0.307. The van der Waals surface area contributed by atoms with Gasteiger partial charge < -0.3 is 5.32 Å². The molecule has 2 aromatic rings. The molecule has 1 aromatic carbocycles. The average Bonchev–Trinajstić information content (AvgIpc) is 3.04. The van der Waals surface area contributed by atoms with Crippen LogP contribution in [-0.4, -0.2) is 21.7 Å². The Labute approximate surface area is 125 Å². The fraction of sp³-hybridized carbons (Fsp3) is 0.385. The molecule has 0 aliphatic carbocycles. The minimum Gasteiger partial charge on any atom is -0.307 e. The van der Waals surface area contributed by atoms with Gasteiger partial charge in [0.25, 0.3) is 0 Å². The Bertz CT molecular complexity index is 578. The van der Waals surface area contributed by atoms with E-state index in [0.29, 0.717) is 6.04 Å². The van der Waals surface area contributed by atoms with E-state index < -0.39 is 0 Å². The number of nitrogens with zero attached hydrogens (tertiary/aromatic N) is 2. The van der Waals surface area contributed by atoms with Gasteiger partial charge in [-0.1, -0.05) is 17.7 Å². The number of halogens is 2. The topological polar surface area (TPSA) is 53.6 Å². The van der Waals surface area contributed by atoms with Crippen molar-refractivity contribution in [1.29, 1.82) is 0 Å². The average molecular weight is 342 g/mol. The molecule has 4 nitrogen and oxygen atoms in total. The van der Waals surface area contributed by atoms with Crippen LogP contribution in [-0.2, 0) is 6.42 Å². The van der Waals surface area contributed by atoms with Crippen molar-refractivity contribution in [1.82, 2.24) is 20.5 Å². The van der Waals surface area contributed by atoms with Gasteiger partial charge in [0.05, 0.1) is 11.1 Å². The van der Waals surface area contributed by atoms with E-state index in [2.05, 4.69) is 36.4 Å². The second-order valence-corrected chi connectivity index (χ2v) is 5.98. The van der Waals surface area contributed by atoms with Gasteiger partial charge in [0.15, 0.2) is 5.82 Å². The van der Waals surface area contributed by atoms with Gasteiger partial charge in [0, 0.05) is 10.9 Å². The van der Waals surface area contributed by atoms with Gasteiger partial charge >= 0.3 is 0 Å². The monoisotopic (exact) mass is 340 g/mol. The predicted octanol–water partition coefficient (Wildman–Crippen LogP) is 3.24. The van der Waals surface area contributed by atoms with Crippen molar-refractivity contribution in [2.24, 2.45) is 0 Å². The SMILES string of the molecule is Clc1ccc(Cc2nc(C3CCCN3)n[nH]2)cc1Br. The summed E-state index contributed by atoms with van der Waals surface area (Å²) in [7, 11) is 0. The van der Waals surface area contributed by atoms with Gasteiger partial charge in [0.2, 0.25) is 0 Å².